The summed E-state index contributed by atoms with van der Waals surface area (Å²) in [5, 5.41) is 3.66. The molecule has 2 heterocycles. The van der Waals surface area contributed by atoms with Crippen LogP contribution in [-0.2, 0) is 11.2 Å². The van der Waals surface area contributed by atoms with Crippen LogP contribution in [0.5, 0.6) is 11.5 Å². The van der Waals surface area contributed by atoms with E-state index in [1.807, 2.05) is 18.0 Å². The number of carbonyl (C=O) groups is 1. The zero-order valence-corrected chi connectivity index (χ0v) is 13.5. The second-order valence-electron chi connectivity index (χ2n) is 5.72. The van der Waals surface area contributed by atoms with Gasteiger partial charge in [-0.05, 0) is 37.6 Å². The van der Waals surface area contributed by atoms with E-state index in [1.54, 1.807) is 6.07 Å². The predicted octanol–water partition coefficient (Wildman–Crippen LogP) is 1.86. The van der Waals surface area contributed by atoms with Crippen molar-refractivity contribution in [2.45, 2.75) is 25.3 Å². The number of nitrogens with zero attached hydrogens (tertiary/aromatic N) is 1. The van der Waals surface area contributed by atoms with E-state index in [0.29, 0.717) is 42.2 Å². The van der Waals surface area contributed by atoms with Crippen molar-refractivity contribution >= 4 is 17.5 Å². The molecule has 3 rings (SSSR count). The van der Waals surface area contributed by atoms with E-state index in [2.05, 4.69) is 5.32 Å². The van der Waals surface area contributed by atoms with Crippen LogP contribution in [0.2, 0.25) is 5.02 Å². The molecule has 0 bridgehead atoms. The minimum absolute atomic E-state index is 0.144. The van der Waals surface area contributed by atoms with E-state index in [1.165, 1.54) is 0 Å². The summed E-state index contributed by atoms with van der Waals surface area (Å²) in [4.78, 5) is 14.5. The number of hydrogen-bond donors (Lipinski definition) is 1. The zero-order valence-electron chi connectivity index (χ0n) is 12.7. The molecule has 22 heavy (non-hydrogen) atoms. The molecule has 0 saturated carbocycles. The van der Waals surface area contributed by atoms with Crippen molar-refractivity contribution < 1.29 is 14.3 Å². The van der Waals surface area contributed by atoms with Gasteiger partial charge in [-0.25, -0.2) is 0 Å². The fourth-order valence-corrected chi connectivity index (χ4v) is 3.44. The molecule has 1 saturated heterocycles. The molecular formula is C16H21ClN2O3. The minimum atomic E-state index is 0.144. The maximum atomic E-state index is 12.6. The Morgan fingerprint density at radius 2 is 2.23 bits per heavy atom. The summed E-state index contributed by atoms with van der Waals surface area (Å²) in [5.74, 6) is 1.36. The highest BCUT2D eigenvalue weighted by molar-refractivity contribution is 6.32. The molecule has 2 aliphatic rings. The number of nitrogens with one attached hydrogen (secondary N) is 1. The zero-order chi connectivity index (χ0) is 15.5. The lowest BCUT2D eigenvalue weighted by Gasteiger charge is -2.25. The van der Waals surface area contributed by atoms with E-state index in [9.17, 15) is 4.79 Å². The number of hydrogen-bond acceptors (Lipinski definition) is 4. The summed E-state index contributed by atoms with van der Waals surface area (Å²) in [5.41, 5.74) is 0.870. The Bertz CT molecular complexity index is 565. The van der Waals surface area contributed by atoms with Gasteiger partial charge in [0.05, 0.1) is 11.4 Å². The topological polar surface area (TPSA) is 50.8 Å². The average molecular weight is 325 g/mol. The third kappa shape index (κ3) is 3.15. The summed E-state index contributed by atoms with van der Waals surface area (Å²) in [6.07, 6.45) is 2.48. The minimum Gasteiger partial charge on any atom is -0.486 e. The van der Waals surface area contributed by atoms with Crippen LogP contribution in [0, 0.1) is 0 Å². The number of likely N-dealkylation sites (N-methyl/N-ethyl adjacent to an activating group) is 1. The summed E-state index contributed by atoms with van der Waals surface area (Å²) in [6, 6.07) is 3.96. The number of halogens is 1. The van der Waals surface area contributed by atoms with Crippen molar-refractivity contribution in [1.29, 1.82) is 0 Å². The number of rotatable bonds is 4. The van der Waals surface area contributed by atoms with Crippen molar-refractivity contribution in [3.63, 3.8) is 0 Å². The first-order valence-electron chi connectivity index (χ1n) is 7.71. The lowest BCUT2D eigenvalue weighted by Crippen LogP contribution is -2.41. The number of carbonyl (C=O) groups excluding carboxylic acids is 1. The largest absolute Gasteiger partial charge is 0.486 e. The summed E-state index contributed by atoms with van der Waals surface area (Å²) in [6.45, 7) is 2.69. The first kappa shape index (κ1) is 15.4. The van der Waals surface area contributed by atoms with Crippen molar-refractivity contribution in [3.05, 3.63) is 22.7 Å². The molecule has 2 aliphatic heterocycles. The van der Waals surface area contributed by atoms with Crippen LogP contribution in [0.25, 0.3) is 0 Å². The van der Waals surface area contributed by atoms with E-state index in [0.717, 1.165) is 31.5 Å². The maximum absolute atomic E-state index is 12.6. The van der Waals surface area contributed by atoms with E-state index < -0.39 is 0 Å². The van der Waals surface area contributed by atoms with Gasteiger partial charge in [-0.2, -0.15) is 0 Å². The Morgan fingerprint density at radius 1 is 1.41 bits per heavy atom. The van der Waals surface area contributed by atoms with Crippen molar-refractivity contribution in [2.75, 3.05) is 33.4 Å². The number of ether oxygens (including phenoxy) is 2. The first-order chi connectivity index (χ1) is 10.7. The second kappa shape index (κ2) is 6.75. The van der Waals surface area contributed by atoms with Gasteiger partial charge in [0.2, 0.25) is 5.91 Å². The lowest BCUT2D eigenvalue weighted by molar-refractivity contribution is -0.131. The first-order valence-corrected chi connectivity index (χ1v) is 8.09. The molecule has 1 aromatic rings. The molecule has 1 fully saturated rings. The molecule has 0 spiro atoms. The Morgan fingerprint density at radius 3 is 3.05 bits per heavy atom. The van der Waals surface area contributed by atoms with E-state index in [4.69, 9.17) is 21.1 Å². The van der Waals surface area contributed by atoms with Gasteiger partial charge >= 0.3 is 0 Å². The summed E-state index contributed by atoms with van der Waals surface area (Å²) in [7, 11) is 1.92. The summed E-state index contributed by atoms with van der Waals surface area (Å²) < 4.78 is 11.1. The van der Waals surface area contributed by atoms with Crippen molar-refractivity contribution in [1.82, 2.24) is 10.2 Å². The van der Waals surface area contributed by atoms with Crippen LogP contribution >= 0.6 is 11.6 Å². The third-order valence-electron chi connectivity index (χ3n) is 4.15. The summed E-state index contributed by atoms with van der Waals surface area (Å²) >= 11 is 6.23. The highest BCUT2D eigenvalue weighted by atomic mass is 35.5. The molecule has 5 nitrogen and oxygen atoms in total. The molecule has 1 amide bonds. The monoisotopic (exact) mass is 324 g/mol. The van der Waals surface area contributed by atoms with Gasteiger partial charge in [-0.1, -0.05) is 11.6 Å². The highest BCUT2D eigenvalue weighted by Gasteiger charge is 2.28. The number of likely N-dealkylation sites (tertiary alicyclic amines) is 1. The maximum Gasteiger partial charge on any atom is 0.227 e. The van der Waals surface area contributed by atoms with Crippen LogP contribution in [0.15, 0.2) is 12.1 Å². The van der Waals surface area contributed by atoms with Crippen molar-refractivity contribution in [2.24, 2.45) is 0 Å². The standard InChI is InChI=1S/C16H21ClN2O3/c1-18-10-12-3-2-4-19(12)15(20)9-11-7-13(17)16-14(8-11)21-5-6-22-16/h7-8,12,18H,2-6,9-10H2,1H3. The van der Waals surface area contributed by atoms with Crippen LogP contribution in [-0.4, -0.2) is 50.2 Å². The Balaban J connectivity index is 1.72. The highest BCUT2D eigenvalue weighted by Crippen LogP contribution is 2.38. The molecule has 0 aromatic heterocycles. The molecule has 1 unspecified atom stereocenters. The van der Waals surface area contributed by atoms with Crippen LogP contribution < -0.4 is 14.8 Å². The SMILES string of the molecule is CNCC1CCCN1C(=O)Cc1cc(Cl)c2c(c1)OCCO2. The molecule has 6 heteroatoms. The molecule has 0 aliphatic carbocycles. The number of benzene rings is 1. The quantitative estimate of drug-likeness (QED) is 0.918. The Labute approximate surface area is 135 Å². The van der Waals surface area contributed by atoms with E-state index in [-0.39, 0.29) is 5.91 Å². The molecular weight excluding hydrogens is 304 g/mol. The predicted molar refractivity (Wildman–Crippen MR) is 84.8 cm³/mol. The van der Waals surface area contributed by atoms with Gasteiger partial charge in [0.15, 0.2) is 11.5 Å². The smallest absolute Gasteiger partial charge is 0.227 e. The van der Waals surface area contributed by atoms with Gasteiger partial charge in [0.1, 0.15) is 13.2 Å². The van der Waals surface area contributed by atoms with Gasteiger partial charge in [-0.3, -0.25) is 4.79 Å². The van der Waals surface area contributed by atoms with Crippen molar-refractivity contribution in [3.8, 4) is 11.5 Å². The number of amides is 1. The fourth-order valence-electron chi connectivity index (χ4n) is 3.15. The van der Waals surface area contributed by atoms with Gasteiger partial charge in [0.25, 0.3) is 0 Å². The van der Waals surface area contributed by atoms with Gasteiger partial charge < -0.3 is 19.7 Å². The Kier molecular flexibility index (Phi) is 4.74. The average Bonchev–Trinajstić information content (AvgIpc) is 2.96. The molecule has 120 valence electrons. The third-order valence-corrected chi connectivity index (χ3v) is 4.43. The molecule has 0 radical (unpaired) electrons. The molecule has 1 atom stereocenters. The van der Waals surface area contributed by atoms with Crippen LogP contribution in [0.1, 0.15) is 18.4 Å². The lowest BCUT2D eigenvalue weighted by atomic mass is 10.1. The van der Waals surface area contributed by atoms with Gasteiger partial charge in [0, 0.05) is 19.1 Å². The molecule has 1 N–H and O–H groups in total. The number of fused-ring (bicyclic) bond motifs is 1. The normalized spacial score (nSPS) is 20.3. The second-order valence-corrected chi connectivity index (χ2v) is 6.13. The van der Waals surface area contributed by atoms with E-state index >= 15 is 0 Å². The van der Waals surface area contributed by atoms with Gasteiger partial charge in [-0.15, -0.1) is 0 Å². The Hall–Kier alpha value is -1.46. The fraction of sp³-hybridized carbons (Fsp3) is 0.562. The molecule has 1 aromatic carbocycles. The van der Waals surface area contributed by atoms with Crippen LogP contribution in [0.3, 0.4) is 0 Å². The van der Waals surface area contributed by atoms with Crippen LogP contribution in [0.4, 0.5) is 0 Å².